The predicted molar refractivity (Wildman–Crippen MR) is 79.3 cm³/mol. The molecule has 1 aromatic carbocycles. The van der Waals surface area contributed by atoms with Crippen molar-refractivity contribution in [3.63, 3.8) is 0 Å². The summed E-state index contributed by atoms with van der Waals surface area (Å²) < 4.78 is 81.6. The second kappa shape index (κ2) is 8.47. The number of benzene rings is 1. The molecule has 0 spiro atoms. The first-order valence-corrected chi connectivity index (χ1v) is 10.9. The predicted octanol–water partition coefficient (Wildman–Crippen LogP) is -3.72. The van der Waals surface area contributed by atoms with Crippen molar-refractivity contribution in [2.45, 2.75) is 11.3 Å². The molecule has 0 fully saturated rings. The first kappa shape index (κ1) is 22.4. The molecule has 0 atom stereocenters. The third-order valence-electron chi connectivity index (χ3n) is 2.31. The summed E-state index contributed by atoms with van der Waals surface area (Å²) in [5.74, 6) is -0.675. The van der Waals surface area contributed by atoms with Gasteiger partial charge in [0.25, 0.3) is 0 Å². The van der Waals surface area contributed by atoms with Crippen LogP contribution in [0.15, 0.2) is 29.2 Å². The van der Waals surface area contributed by atoms with E-state index in [1.54, 1.807) is 0 Å². The molecule has 126 valence electrons. The zero-order valence-corrected chi connectivity index (χ0v) is 15.0. The number of nitrogens with one attached hydrogen (secondary N) is 2. The van der Waals surface area contributed by atoms with Gasteiger partial charge in [0.2, 0.25) is 20.0 Å². The van der Waals surface area contributed by atoms with Gasteiger partial charge in [-0.15, -0.1) is 0 Å². The van der Waals surface area contributed by atoms with Crippen molar-refractivity contribution >= 4 is 35.9 Å². The zero-order valence-electron chi connectivity index (χ0n) is 12.5. The molecule has 23 heavy (non-hydrogen) atoms. The summed E-state index contributed by atoms with van der Waals surface area (Å²) in [6.07, 6.45) is 0.766. The topological polar surface area (TPSA) is 150 Å². The average molecular weight is 378 g/mol. The Kier molecular flexibility index (Phi) is 8.25. The SMILES string of the molecule is CS(=O)(=O)Nc1cccc(S(=O)(=O)NCCCS(=O)(=O)[O-])c1.[Li+]. The molecule has 2 N–H and O–H groups in total. The Morgan fingerprint density at radius 1 is 1.09 bits per heavy atom. The van der Waals surface area contributed by atoms with Crippen LogP contribution in [0.25, 0.3) is 0 Å². The van der Waals surface area contributed by atoms with Crippen LogP contribution in [-0.4, -0.2) is 48.4 Å². The van der Waals surface area contributed by atoms with E-state index in [2.05, 4.69) is 9.44 Å². The van der Waals surface area contributed by atoms with Crippen molar-refractivity contribution in [2.24, 2.45) is 0 Å². The van der Waals surface area contributed by atoms with Crippen molar-refractivity contribution < 1.29 is 48.7 Å². The Labute approximate surface area is 147 Å². The van der Waals surface area contributed by atoms with Crippen molar-refractivity contribution in [3.8, 4) is 0 Å². The van der Waals surface area contributed by atoms with E-state index in [1.807, 2.05) is 0 Å². The number of anilines is 1. The van der Waals surface area contributed by atoms with Gasteiger partial charge in [-0.1, -0.05) is 6.07 Å². The molecule has 0 aliphatic rings. The molecule has 0 bridgehead atoms. The Morgan fingerprint density at radius 2 is 1.70 bits per heavy atom. The van der Waals surface area contributed by atoms with Gasteiger partial charge in [0.1, 0.15) is 0 Å². The van der Waals surface area contributed by atoms with Crippen LogP contribution in [0.5, 0.6) is 0 Å². The maximum atomic E-state index is 12.0. The van der Waals surface area contributed by atoms with Crippen LogP contribution in [0.4, 0.5) is 5.69 Å². The van der Waals surface area contributed by atoms with E-state index in [-0.39, 0.29) is 42.4 Å². The Morgan fingerprint density at radius 3 is 2.22 bits per heavy atom. The second-order valence-corrected chi connectivity index (χ2v) is 9.45. The van der Waals surface area contributed by atoms with Crippen molar-refractivity contribution in [3.05, 3.63) is 24.3 Å². The van der Waals surface area contributed by atoms with E-state index in [4.69, 9.17) is 0 Å². The van der Waals surface area contributed by atoms with E-state index in [0.29, 0.717) is 0 Å². The molecular weight excluding hydrogens is 363 g/mol. The standard InChI is InChI=1S/C10H16N2O7S3.Li/c1-20(13,14)12-9-4-2-5-10(8-9)22(18,19)11-6-3-7-21(15,16)17;/h2,4-5,8,11-12H,3,6-7H2,1H3,(H,15,16,17);/q;+1/p-1. The smallest absolute Gasteiger partial charge is 0.748 e. The molecule has 0 aliphatic heterocycles. The molecule has 9 nitrogen and oxygen atoms in total. The minimum atomic E-state index is -4.40. The van der Waals surface area contributed by atoms with Crippen LogP contribution in [0.1, 0.15) is 6.42 Å². The summed E-state index contributed by atoms with van der Waals surface area (Å²) >= 11 is 0. The van der Waals surface area contributed by atoms with Gasteiger partial charge >= 0.3 is 18.9 Å². The largest absolute Gasteiger partial charge is 1.00 e. The van der Waals surface area contributed by atoms with Gasteiger partial charge in [0, 0.05) is 18.0 Å². The Hall–Kier alpha value is -0.613. The summed E-state index contributed by atoms with van der Waals surface area (Å²) in [6, 6.07) is 5.10. The van der Waals surface area contributed by atoms with Crippen LogP contribution in [-0.2, 0) is 30.2 Å². The van der Waals surface area contributed by atoms with E-state index in [1.165, 1.54) is 18.2 Å². The van der Waals surface area contributed by atoms with E-state index in [9.17, 15) is 29.8 Å². The van der Waals surface area contributed by atoms with Gasteiger partial charge in [-0.05, 0) is 24.6 Å². The third-order valence-corrected chi connectivity index (χ3v) is 5.16. The van der Waals surface area contributed by atoms with Crippen molar-refractivity contribution in [1.82, 2.24) is 4.72 Å². The van der Waals surface area contributed by atoms with Gasteiger partial charge in [-0.2, -0.15) is 0 Å². The van der Waals surface area contributed by atoms with Crippen molar-refractivity contribution in [2.75, 3.05) is 23.3 Å². The Bertz CT molecular complexity index is 835. The number of hydrogen-bond donors (Lipinski definition) is 2. The average Bonchev–Trinajstić information content (AvgIpc) is 2.32. The summed E-state index contributed by atoms with van der Waals surface area (Å²) in [5.41, 5.74) is 0.0764. The minimum absolute atomic E-state index is 0. The molecule has 0 saturated carbocycles. The molecule has 0 amide bonds. The monoisotopic (exact) mass is 378 g/mol. The molecule has 13 heteroatoms. The van der Waals surface area contributed by atoms with Crippen LogP contribution in [0, 0.1) is 0 Å². The van der Waals surface area contributed by atoms with E-state index < -0.39 is 35.9 Å². The zero-order chi connectivity index (χ0) is 17.0. The molecule has 0 radical (unpaired) electrons. The molecule has 1 aromatic rings. The first-order chi connectivity index (χ1) is 9.89. The molecular formula is C10H15LiN2O7S3. The normalized spacial score (nSPS) is 12.4. The van der Waals surface area contributed by atoms with E-state index >= 15 is 0 Å². The van der Waals surface area contributed by atoms with Gasteiger partial charge < -0.3 is 4.55 Å². The fraction of sp³-hybridized carbons (Fsp3) is 0.400. The molecule has 0 unspecified atom stereocenters. The number of hydrogen-bond acceptors (Lipinski definition) is 7. The molecule has 0 heterocycles. The summed E-state index contributed by atoms with van der Waals surface area (Å²) in [4.78, 5) is -0.189. The molecule has 0 aromatic heterocycles. The van der Waals surface area contributed by atoms with Gasteiger partial charge in [0.05, 0.1) is 21.3 Å². The quantitative estimate of drug-likeness (QED) is 0.268. The molecule has 1 rings (SSSR count). The maximum absolute atomic E-state index is 12.0. The molecule has 0 aliphatic carbocycles. The van der Waals surface area contributed by atoms with Crippen LogP contribution >= 0.6 is 0 Å². The van der Waals surface area contributed by atoms with Crippen LogP contribution < -0.4 is 28.3 Å². The van der Waals surface area contributed by atoms with E-state index in [0.717, 1.165) is 12.3 Å². The third kappa shape index (κ3) is 9.31. The summed E-state index contributed by atoms with van der Waals surface area (Å²) in [5, 5.41) is 0. The van der Waals surface area contributed by atoms with Gasteiger partial charge in [-0.25, -0.2) is 30.0 Å². The van der Waals surface area contributed by atoms with Gasteiger partial charge in [-0.3, -0.25) is 4.72 Å². The fourth-order valence-electron chi connectivity index (χ4n) is 1.48. The Balaban J connectivity index is 0.00000484. The summed E-state index contributed by atoms with van der Waals surface area (Å²) in [7, 11) is -11.9. The summed E-state index contributed by atoms with van der Waals surface area (Å²) in [6.45, 7) is -0.229. The second-order valence-electron chi connectivity index (χ2n) is 4.42. The first-order valence-electron chi connectivity index (χ1n) is 5.90. The maximum Gasteiger partial charge on any atom is 1.00 e. The fourth-order valence-corrected chi connectivity index (χ4v) is 3.65. The van der Waals surface area contributed by atoms with Crippen LogP contribution in [0.2, 0.25) is 0 Å². The minimum Gasteiger partial charge on any atom is -0.748 e. The van der Waals surface area contributed by atoms with Crippen molar-refractivity contribution in [1.29, 1.82) is 0 Å². The van der Waals surface area contributed by atoms with Crippen LogP contribution in [0.3, 0.4) is 0 Å². The molecule has 0 saturated heterocycles. The number of sulfonamides is 2. The van der Waals surface area contributed by atoms with Gasteiger partial charge in [0.15, 0.2) is 0 Å². The number of rotatable bonds is 8.